The van der Waals surface area contributed by atoms with Crippen LogP contribution in [0.5, 0.6) is 0 Å². The molecule has 1 saturated carbocycles. The number of aromatic amines is 1. The number of nitrogens with one attached hydrogen (secondary N) is 1. The van der Waals surface area contributed by atoms with Crippen LogP contribution in [0.4, 0.5) is 22.0 Å². The molecule has 0 bridgehead atoms. The number of benzene rings is 1. The number of rotatable bonds is 4. The summed E-state index contributed by atoms with van der Waals surface area (Å²) < 4.78 is 98.9. The Morgan fingerprint density at radius 2 is 1.74 bits per heavy atom. The van der Waals surface area contributed by atoms with Crippen LogP contribution in [-0.2, 0) is 22.1 Å². The molecule has 1 fully saturated rings. The summed E-state index contributed by atoms with van der Waals surface area (Å²) in [4.78, 5) is 2.60. The molecular formula is C21H16ClF5N4O2S. The number of pyridine rings is 1. The summed E-state index contributed by atoms with van der Waals surface area (Å²) >= 11 is 5.91. The molecule has 0 amide bonds. The molecule has 2 aromatic heterocycles. The van der Waals surface area contributed by atoms with Crippen LogP contribution in [0.15, 0.2) is 53.7 Å². The Morgan fingerprint density at radius 3 is 2.29 bits per heavy atom. The Morgan fingerprint density at radius 1 is 1.06 bits per heavy atom. The van der Waals surface area contributed by atoms with Gasteiger partial charge in [0.1, 0.15) is 22.3 Å². The summed E-state index contributed by atoms with van der Waals surface area (Å²) in [5, 5.41) is 6.34. The maximum absolute atomic E-state index is 15.9. The fraction of sp³-hybridized carbons (Fsp3) is 0.333. The minimum absolute atomic E-state index is 0.0243. The number of sulfonamides is 1. The highest BCUT2D eigenvalue weighted by Gasteiger charge is 2.61. The van der Waals surface area contributed by atoms with E-state index in [2.05, 4.69) is 15.2 Å². The van der Waals surface area contributed by atoms with Gasteiger partial charge in [-0.1, -0.05) is 23.7 Å². The van der Waals surface area contributed by atoms with E-state index < -0.39 is 50.5 Å². The molecule has 0 saturated heterocycles. The van der Waals surface area contributed by atoms with Gasteiger partial charge in [0, 0.05) is 16.8 Å². The molecule has 0 unspecified atom stereocenters. The average molecular weight is 519 g/mol. The van der Waals surface area contributed by atoms with Gasteiger partial charge >= 0.3 is 12.1 Å². The van der Waals surface area contributed by atoms with Gasteiger partial charge in [-0.25, -0.2) is 8.42 Å². The first-order chi connectivity index (χ1) is 15.9. The topological polar surface area (TPSA) is 79.0 Å². The Hall–Kier alpha value is -2.57. The van der Waals surface area contributed by atoms with Crippen LogP contribution in [0, 0.1) is 5.92 Å². The molecule has 0 spiro atoms. The third kappa shape index (κ3) is 3.68. The molecule has 34 heavy (non-hydrogen) atoms. The smallest absolute Gasteiger partial charge is 0.276 e. The number of hydrogen-bond acceptors (Lipinski definition) is 4. The number of alkyl halides is 5. The lowest BCUT2D eigenvalue weighted by molar-refractivity contribution is -0.141. The van der Waals surface area contributed by atoms with Crippen molar-refractivity contribution in [2.24, 2.45) is 5.92 Å². The van der Waals surface area contributed by atoms with Crippen LogP contribution in [0.1, 0.15) is 47.4 Å². The van der Waals surface area contributed by atoms with Crippen molar-refractivity contribution in [3.63, 3.8) is 0 Å². The van der Waals surface area contributed by atoms with Crippen LogP contribution in [0.25, 0.3) is 0 Å². The molecule has 5 rings (SSSR count). The van der Waals surface area contributed by atoms with Gasteiger partial charge in [0.05, 0.1) is 12.2 Å². The van der Waals surface area contributed by atoms with Crippen LogP contribution in [-0.4, -0.2) is 27.9 Å². The number of H-pyrrole nitrogens is 1. The summed E-state index contributed by atoms with van der Waals surface area (Å²) in [5.41, 5.74) is -1.76. The van der Waals surface area contributed by atoms with E-state index in [1.165, 1.54) is 30.5 Å². The highest BCUT2D eigenvalue weighted by Crippen LogP contribution is 2.59. The standard InChI is InChI=1S/C21H16ClF5N4O2S/c22-13-5-3-12(4-6-13)19-20(23,24)18-15(10-29-30-18)17(11-1-2-11)31(19)34(32,33)14-7-8-16(28-9-14)21(25,26)27/h3-11,17,19H,1-2H2,(H,29,30)/t17-,19+/m1/s1. The van der Waals surface area contributed by atoms with Gasteiger partial charge in [-0.15, -0.1) is 0 Å². The lowest BCUT2D eigenvalue weighted by Crippen LogP contribution is -2.49. The molecule has 13 heteroatoms. The highest BCUT2D eigenvalue weighted by molar-refractivity contribution is 7.89. The number of hydrogen-bond donors (Lipinski definition) is 1. The Balaban J connectivity index is 1.71. The van der Waals surface area contributed by atoms with E-state index in [-0.39, 0.29) is 22.1 Å². The first kappa shape index (κ1) is 23.2. The van der Waals surface area contributed by atoms with Crippen LogP contribution >= 0.6 is 11.6 Å². The van der Waals surface area contributed by atoms with Crippen LogP contribution < -0.4 is 0 Å². The summed E-state index contributed by atoms with van der Waals surface area (Å²) in [6.07, 6.45) is -1.85. The molecule has 3 aromatic rings. The Labute approximate surface area is 195 Å². The molecule has 2 atom stereocenters. The van der Waals surface area contributed by atoms with E-state index in [0.29, 0.717) is 29.4 Å². The predicted molar refractivity (Wildman–Crippen MR) is 110 cm³/mol. The fourth-order valence-electron chi connectivity index (χ4n) is 4.37. The lowest BCUT2D eigenvalue weighted by atomic mass is 9.87. The minimum Gasteiger partial charge on any atom is -0.276 e. The van der Waals surface area contributed by atoms with Crippen molar-refractivity contribution in [1.82, 2.24) is 19.5 Å². The number of fused-ring (bicyclic) bond motifs is 1. The summed E-state index contributed by atoms with van der Waals surface area (Å²) in [6, 6.07) is 3.62. The van der Waals surface area contributed by atoms with E-state index in [9.17, 15) is 21.6 Å². The van der Waals surface area contributed by atoms with E-state index in [1.54, 1.807) is 0 Å². The summed E-state index contributed by atoms with van der Waals surface area (Å²) in [5.74, 6) is -3.98. The van der Waals surface area contributed by atoms with Crippen molar-refractivity contribution in [3.05, 3.63) is 76.3 Å². The van der Waals surface area contributed by atoms with E-state index in [0.717, 1.165) is 6.07 Å². The Kier molecular flexibility index (Phi) is 5.26. The maximum Gasteiger partial charge on any atom is 0.433 e. The van der Waals surface area contributed by atoms with Gasteiger partial charge in [0.25, 0.3) is 0 Å². The highest BCUT2D eigenvalue weighted by atomic mass is 35.5. The predicted octanol–water partition coefficient (Wildman–Crippen LogP) is 5.47. The van der Waals surface area contributed by atoms with Crippen molar-refractivity contribution in [2.45, 2.75) is 41.9 Å². The second-order valence-corrected chi connectivity index (χ2v) is 10.6. The molecule has 6 nitrogen and oxygen atoms in total. The third-order valence-corrected chi connectivity index (χ3v) is 8.13. The lowest BCUT2D eigenvalue weighted by Gasteiger charge is -2.44. The molecule has 3 heterocycles. The zero-order chi connectivity index (χ0) is 24.5. The number of aromatic nitrogens is 3. The normalized spacial score (nSPS) is 23.0. The molecule has 0 radical (unpaired) electrons. The monoisotopic (exact) mass is 518 g/mol. The van der Waals surface area contributed by atoms with Gasteiger partial charge < -0.3 is 0 Å². The van der Waals surface area contributed by atoms with Crippen molar-refractivity contribution in [2.75, 3.05) is 0 Å². The SMILES string of the molecule is O=S(=O)(c1ccc(C(F)(F)F)nc1)N1[C@@H](c2ccc(Cl)cc2)C(F)(F)c2[nH]ncc2[C@H]1C1CC1. The van der Waals surface area contributed by atoms with Gasteiger partial charge in [-0.05, 0) is 48.6 Å². The van der Waals surface area contributed by atoms with Gasteiger partial charge in [-0.3, -0.25) is 10.1 Å². The largest absolute Gasteiger partial charge is 0.433 e. The molecule has 1 N–H and O–H groups in total. The molecule has 1 aromatic carbocycles. The van der Waals surface area contributed by atoms with Gasteiger partial charge in [0.2, 0.25) is 10.0 Å². The summed E-state index contributed by atoms with van der Waals surface area (Å²) in [6.45, 7) is 0. The average Bonchev–Trinajstić information content (AvgIpc) is 3.48. The molecular weight excluding hydrogens is 503 g/mol. The molecule has 1 aliphatic heterocycles. The van der Waals surface area contributed by atoms with E-state index >= 15 is 8.78 Å². The zero-order valence-electron chi connectivity index (χ0n) is 17.1. The van der Waals surface area contributed by atoms with Crippen molar-refractivity contribution >= 4 is 21.6 Å². The van der Waals surface area contributed by atoms with Crippen LogP contribution in [0.2, 0.25) is 5.02 Å². The second kappa shape index (κ2) is 7.72. The molecule has 2 aliphatic rings. The zero-order valence-corrected chi connectivity index (χ0v) is 18.7. The van der Waals surface area contributed by atoms with Gasteiger partial charge in [0.15, 0.2) is 0 Å². The number of nitrogens with zero attached hydrogens (tertiary/aromatic N) is 3. The van der Waals surface area contributed by atoms with Crippen LogP contribution in [0.3, 0.4) is 0 Å². The minimum atomic E-state index is -4.78. The second-order valence-electron chi connectivity index (χ2n) is 8.27. The van der Waals surface area contributed by atoms with Crippen molar-refractivity contribution in [1.29, 1.82) is 0 Å². The van der Waals surface area contributed by atoms with Crippen molar-refractivity contribution < 1.29 is 30.4 Å². The van der Waals surface area contributed by atoms with E-state index in [1.807, 2.05) is 0 Å². The Bertz CT molecular complexity index is 1320. The van der Waals surface area contributed by atoms with Gasteiger partial charge in [-0.2, -0.15) is 31.4 Å². The molecule has 1 aliphatic carbocycles. The fourth-order valence-corrected chi connectivity index (χ4v) is 6.28. The third-order valence-electron chi connectivity index (χ3n) is 6.05. The summed E-state index contributed by atoms with van der Waals surface area (Å²) in [7, 11) is -4.73. The first-order valence-electron chi connectivity index (χ1n) is 10.2. The first-order valence-corrected chi connectivity index (χ1v) is 12.0. The van der Waals surface area contributed by atoms with Crippen molar-refractivity contribution in [3.8, 4) is 0 Å². The quantitative estimate of drug-likeness (QED) is 0.465. The number of halogens is 6. The molecule has 180 valence electrons. The maximum atomic E-state index is 15.9. The van der Waals surface area contributed by atoms with E-state index in [4.69, 9.17) is 11.6 Å².